The Morgan fingerprint density at radius 3 is 2.58 bits per heavy atom. The summed E-state index contributed by atoms with van der Waals surface area (Å²) in [6.45, 7) is 0.230. The van der Waals surface area contributed by atoms with E-state index in [1.165, 1.54) is 0 Å². The molecule has 0 spiro atoms. The van der Waals surface area contributed by atoms with Gasteiger partial charge in [-0.15, -0.1) is 0 Å². The molecule has 1 rings (SSSR count). The Labute approximate surface area is 116 Å². The van der Waals surface area contributed by atoms with E-state index in [9.17, 15) is 9.59 Å². The van der Waals surface area contributed by atoms with E-state index >= 15 is 0 Å². The zero-order chi connectivity index (χ0) is 14.4. The smallest absolute Gasteiger partial charge is 0.238 e. The molecule has 0 unspecified atom stereocenters. The van der Waals surface area contributed by atoms with Crippen LogP contribution in [-0.4, -0.2) is 43.9 Å². The number of nitrogen functional groups attached to an aromatic ring is 1. The Kier molecular flexibility index (Phi) is 5.59. The summed E-state index contributed by atoms with van der Waals surface area (Å²) in [5, 5.41) is 5.63. The highest BCUT2D eigenvalue weighted by molar-refractivity contribution is 6.31. The number of nitrogens with one attached hydrogen (secondary N) is 2. The fourth-order valence-electron chi connectivity index (χ4n) is 1.45. The van der Waals surface area contributed by atoms with E-state index in [1.807, 2.05) is 0 Å². The maximum atomic E-state index is 11.8. The SMILES string of the molecule is CNC(=O)CN(C)CC(=O)Nc1cc(Cl)ccc1N. The van der Waals surface area contributed by atoms with Gasteiger partial charge in [0.2, 0.25) is 11.8 Å². The maximum Gasteiger partial charge on any atom is 0.238 e. The lowest BCUT2D eigenvalue weighted by atomic mass is 10.2. The van der Waals surface area contributed by atoms with Crippen molar-refractivity contribution in [3.05, 3.63) is 23.2 Å². The van der Waals surface area contributed by atoms with Crippen LogP contribution in [0.2, 0.25) is 5.02 Å². The summed E-state index contributed by atoms with van der Waals surface area (Å²) in [4.78, 5) is 24.5. The molecular weight excluding hydrogens is 268 g/mol. The van der Waals surface area contributed by atoms with E-state index in [2.05, 4.69) is 10.6 Å². The van der Waals surface area contributed by atoms with Gasteiger partial charge in [-0.2, -0.15) is 0 Å². The Balaban J connectivity index is 2.55. The number of amides is 2. The fraction of sp³-hybridized carbons (Fsp3) is 0.333. The normalized spacial score (nSPS) is 10.3. The summed E-state index contributed by atoms with van der Waals surface area (Å²) in [6.07, 6.45) is 0. The molecule has 1 aromatic carbocycles. The van der Waals surface area contributed by atoms with Crippen molar-refractivity contribution in [1.29, 1.82) is 0 Å². The summed E-state index contributed by atoms with van der Waals surface area (Å²) in [5.74, 6) is -0.419. The summed E-state index contributed by atoms with van der Waals surface area (Å²) in [5.41, 5.74) is 6.62. The van der Waals surface area contributed by atoms with Crippen molar-refractivity contribution >= 4 is 34.8 Å². The highest BCUT2D eigenvalue weighted by Crippen LogP contribution is 2.22. The van der Waals surface area contributed by atoms with Crippen molar-refractivity contribution in [1.82, 2.24) is 10.2 Å². The van der Waals surface area contributed by atoms with Gasteiger partial charge in [-0.3, -0.25) is 14.5 Å². The molecule has 0 radical (unpaired) electrons. The molecule has 0 aliphatic carbocycles. The van der Waals surface area contributed by atoms with E-state index in [4.69, 9.17) is 17.3 Å². The first-order chi connectivity index (χ1) is 8.92. The molecule has 1 aromatic rings. The number of hydrogen-bond acceptors (Lipinski definition) is 4. The van der Waals surface area contributed by atoms with Crippen molar-refractivity contribution < 1.29 is 9.59 Å². The second-order valence-electron chi connectivity index (χ2n) is 4.13. The molecule has 0 saturated heterocycles. The Bertz CT molecular complexity index is 479. The lowest BCUT2D eigenvalue weighted by molar-refractivity contribution is -0.122. The van der Waals surface area contributed by atoms with Crippen molar-refractivity contribution in [2.24, 2.45) is 0 Å². The number of benzene rings is 1. The van der Waals surface area contributed by atoms with Gasteiger partial charge >= 0.3 is 0 Å². The molecule has 0 aromatic heterocycles. The standard InChI is InChI=1S/C12H17ClN4O2/c1-15-11(18)6-17(2)7-12(19)16-10-5-8(13)3-4-9(10)14/h3-5H,6-7,14H2,1-2H3,(H,15,18)(H,16,19). The lowest BCUT2D eigenvalue weighted by Gasteiger charge is -2.15. The van der Waals surface area contributed by atoms with E-state index in [1.54, 1.807) is 37.2 Å². The van der Waals surface area contributed by atoms with Gasteiger partial charge in [-0.25, -0.2) is 0 Å². The Hall–Kier alpha value is -1.79. The zero-order valence-corrected chi connectivity index (χ0v) is 11.6. The minimum absolute atomic E-state index is 0.0827. The van der Waals surface area contributed by atoms with Gasteiger partial charge in [0, 0.05) is 12.1 Å². The summed E-state index contributed by atoms with van der Waals surface area (Å²) in [6, 6.07) is 4.84. The van der Waals surface area contributed by atoms with Gasteiger partial charge in [0.1, 0.15) is 0 Å². The number of halogens is 1. The van der Waals surface area contributed by atoms with Crippen LogP contribution in [0, 0.1) is 0 Å². The van der Waals surface area contributed by atoms with Gasteiger partial charge in [0.25, 0.3) is 0 Å². The van der Waals surface area contributed by atoms with Crippen molar-refractivity contribution in [3.8, 4) is 0 Å². The monoisotopic (exact) mass is 284 g/mol. The first kappa shape index (κ1) is 15.3. The molecule has 0 atom stereocenters. The number of likely N-dealkylation sites (N-methyl/N-ethyl adjacent to an activating group) is 2. The average Bonchev–Trinajstić information content (AvgIpc) is 2.33. The van der Waals surface area contributed by atoms with Crippen molar-refractivity contribution in [2.75, 3.05) is 38.2 Å². The Morgan fingerprint density at radius 2 is 1.95 bits per heavy atom. The van der Waals surface area contributed by atoms with Gasteiger partial charge in [-0.05, 0) is 25.2 Å². The predicted molar refractivity (Wildman–Crippen MR) is 76.1 cm³/mol. The molecule has 7 heteroatoms. The van der Waals surface area contributed by atoms with Crippen LogP contribution in [-0.2, 0) is 9.59 Å². The molecule has 19 heavy (non-hydrogen) atoms. The molecular formula is C12H17ClN4O2. The maximum absolute atomic E-state index is 11.8. The molecule has 2 amide bonds. The molecule has 0 fully saturated rings. The van der Waals surface area contributed by atoms with Gasteiger partial charge in [0.05, 0.1) is 24.5 Å². The van der Waals surface area contributed by atoms with Crippen LogP contribution < -0.4 is 16.4 Å². The summed E-state index contributed by atoms with van der Waals surface area (Å²) >= 11 is 5.82. The second kappa shape index (κ2) is 6.96. The van der Waals surface area contributed by atoms with Crippen LogP contribution in [0.1, 0.15) is 0 Å². The third-order valence-electron chi connectivity index (χ3n) is 2.40. The number of nitrogens with two attached hydrogens (primary N) is 1. The number of nitrogens with zero attached hydrogens (tertiary/aromatic N) is 1. The number of carbonyl (C=O) groups excluding carboxylic acids is 2. The van der Waals surface area contributed by atoms with Gasteiger partial charge < -0.3 is 16.4 Å². The van der Waals surface area contributed by atoms with Crippen molar-refractivity contribution in [3.63, 3.8) is 0 Å². The van der Waals surface area contributed by atoms with E-state index in [-0.39, 0.29) is 24.9 Å². The van der Waals surface area contributed by atoms with Crippen LogP contribution in [0.5, 0.6) is 0 Å². The highest BCUT2D eigenvalue weighted by Gasteiger charge is 2.11. The average molecular weight is 285 g/mol. The largest absolute Gasteiger partial charge is 0.397 e. The summed E-state index contributed by atoms with van der Waals surface area (Å²) in [7, 11) is 3.22. The van der Waals surface area contributed by atoms with E-state index in [0.717, 1.165) is 0 Å². The number of hydrogen-bond donors (Lipinski definition) is 3. The number of rotatable bonds is 5. The van der Waals surface area contributed by atoms with Crippen LogP contribution in [0.3, 0.4) is 0 Å². The predicted octanol–water partition coefficient (Wildman–Crippen LogP) is 0.538. The van der Waals surface area contributed by atoms with Crippen LogP contribution >= 0.6 is 11.6 Å². The Morgan fingerprint density at radius 1 is 1.32 bits per heavy atom. The van der Waals surface area contributed by atoms with Crippen molar-refractivity contribution in [2.45, 2.75) is 0 Å². The second-order valence-corrected chi connectivity index (χ2v) is 4.56. The quantitative estimate of drug-likeness (QED) is 0.689. The van der Waals surface area contributed by atoms with E-state index < -0.39 is 0 Å². The van der Waals surface area contributed by atoms with Gasteiger partial charge in [0.15, 0.2) is 0 Å². The van der Waals surface area contributed by atoms with Gasteiger partial charge in [-0.1, -0.05) is 11.6 Å². The van der Waals surface area contributed by atoms with E-state index in [0.29, 0.717) is 16.4 Å². The lowest BCUT2D eigenvalue weighted by Crippen LogP contribution is -2.37. The molecule has 4 N–H and O–H groups in total. The van der Waals surface area contributed by atoms with Crippen LogP contribution in [0.15, 0.2) is 18.2 Å². The molecule has 0 heterocycles. The summed E-state index contributed by atoms with van der Waals surface area (Å²) < 4.78 is 0. The molecule has 0 saturated carbocycles. The highest BCUT2D eigenvalue weighted by atomic mass is 35.5. The molecule has 104 valence electrons. The minimum atomic E-state index is -0.264. The zero-order valence-electron chi connectivity index (χ0n) is 10.9. The first-order valence-electron chi connectivity index (χ1n) is 5.66. The topological polar surface area (TPSA) is 87.5 Å². The number of anilines is 2. The molecule has 6 nitrogen and oxygen atoms in total. The van der Waals surface area contributed by atoms with Crippen LogP contribution in [0.4, 0.5) is 11.4 Å². The number of carbonyl (C=O) groups is 2. The third kappa shape index (κ3) is 5.15. The fourth-order valence-corrected chi connectivity index (χ4v) is 1.62. The molecule has 0 aliphatic rings. The molecule has 0 aliphatic heterocycles. The first-order valence-corrected chi connectivity index (χ1v) is 6.04. The molecule has 0 bridgehead atoms. The van der Waals surface area contributed by atoms with Crippen LogP contribution in [0.25, 0.3) is 0 Å². The third-order valence-corrected chi connectivity index (χ3v) is 2.63. The minimum Gasteiger partial charge on any atom is -0.397 e.